The molecule has 1 N–H and O–H groups in total. The molecule has 2 aliphatic heterocycles. The predicted octanol–water partition coefficient (Wildman–Crippen LogP) is -0.849. The van der Waals surface area contributed by atoms with Crippen LogP contribution in [0.15, 0.2) is 0 Å². The molecule has 24 heavy (non-hydrogen) atoms. The monoisotopic (exact) mass is 359 g/mol. The summed E-state index contributed by atoms with van der Waals surface area (Å²) in [5.41, 5.74) is 0. The van der Waals surface area contributed by atoms with Crippen LogP contribution in [0.5, 0.6) is 0 Å². The van der Waals surface area contributed by atoms with Gasteiger partial charge in [0.1, 0.15) is 0 Å². The van der Waals surface area contributed by atoms with Crippen molar-refractivity contribution in [3.8, 4) is 0 Å². The Hall–Kier alpha value is -1.64. The first-order chi connectivity index (χ1) is 11.3. The molecule has 1 atom stereocenters. The largest absolute Gasteiger partial charge is 0.348 e. The van der Waals surface area contributed by atoms with Gasteiger partial charge in [-0.3, -0.25) is 14.4 Å². The summed E-state index contributed by atoms with van der Waals surface area (Å²) in [6, 6.07) is -0.416. The van der Waals surface area contributed by atoms with Gasteiger partial charge in [0.2, 0.25) is 5.91 Å². The van der Waals surface area contributed by atoms with Crippen LogP contribution in [0.2, 0.25) is 0 Å². The molecule has 8 nitrogen and oxygen atoms in total. The summed E-state index contributed by atoms with van der Waals surface area (Å²) in [4.78, 5) is 38.8. The van der Waals surface area contributed by atoms with Crippen LogP contribution in [-0.4, -0.2) is 79.7 Å². The van der Waals surface area contributed by atoms with Gasteiger partial charge in [0.25, 0.3) is 0 Å². The smallest absolute Gasteiger partial charge is 0.312 e. The van der Waals surface area contributed by atoms with E-state index in [1.165, 1.54) is 4.90 Å². The van der Waals surface area contributed by atoms with Gasteiger partial charge >= 0.3 is 11.8 Å². The number of nitrogens with one attached hydrogen (secondary N) is 1. The van der Waals surface area contributed by atoms with E-state index in [4.69, 9.17) is 0 Å². The maximum absolute atomic E-state index is 12.2. The van der Waals surface area contributed by atoms with Crippen molar-refractivity contribution in [2.75, 3.05) is 37.7 Å². The van der Waals surface area contributed by atoms with E-state index in [9.17, 15) is 22.8 Å². The lowest BCUT2D eigenvalue weighted by Crippen LogP contribution is -2.48. The first kappa shape index (κ1) is 18.7. The minimum Gasteiger partial charge on any atom is -0.348 e. The summed E-state index contributed by atoms with van der Waals surface area (Å²) in [5.74, 6) is -1.27. The van der Waals surface area contributed by atoms with Crippen molar-refractivity contribution in [1.29, 1.82) is 0 Å². The third kappa shape index (κ3) is 4.68. The van der Waals surface area contributed by atoms with E-state index in [0.717, 1.165) is 13.0 Å². The highest BCUT2D eigenvalue weighted by Crippen LogP contribution is 2.17. The molecule has 3 amide bonds. The highest BCUT2D eigenvalue weighted by Gasteiger charge is 2.35. The number of hydrogen-bond donors (Lipinski definition) is 1. The predicted molar refractivity (Wildman–Crippen MR) is 87.9 cm³/mol. The minimum atomic E-state index is -3.11. The van der Waals surface area contributed by atoms with Crippen molar-refractivity contribution >= 4 is 27.6 Å². The fourth-order valence-electron chi connectivity index (χ4n) is 3.21. The Morgan fingerprint density at radius 1 is 1.38 bits per heavy atom. The number of rotatable bonds is 6. The Balaban J connectivity index is 1.76. The van der Waals surface area contributed by atoms with Crippen LogP contribution in [0.1, 0.15) is 32.6 Å². The second kappa shape index (κ2) is 7.96. The van der Waals surface area contributed by atoms with E-state index in [1.54, 1.807) is 11.8 Å². The van der Waals surface area contributed by atoms with Gasteiger partial charge in [0.05, 0.1) is 11.5 Å². The molecule has 0 aromatic rings. The number of nitrogens with zero attached hydrogens (tertiary/aromatic N) is 2. The average molecular weight is 359 g/mol. The first-order valence-electron chi connectivity index (χ1n) is 8.41. The third-order valence-electron chi connectivity index (χ3n) is 4.51. The Kier molecular flexibility index (Phi) is 6.20. The lowest BCUT2D eigenvalue weighted by atomic mass is 10.2. The molecule has 136 valence electrons. The first-order valence-corrected chi connectivity index (χ1v) is 10.2. The third-order valence-corrected chi connectivity index (χ3v) is 6.26. The number of hydrogen-bond acceptors (Lipinski definition) is 5. The van der Waals surface area contributed by atoms with E-state index < -0.39 is 27.7 Å². The second-order valence-electron chi connectivity index (χ2n) is 6.24. The maximum atomic E-state index is 12.2. The zero-order valence-electron chi connectivity index (χ0n) is 14.0. The van der Waals surface area contributed by atoms with E-state index in [2.05, 4.69) is 5.32 Å². The van der Waals surface area contributed by atoms with Crippen molar-refractivity contribution < 1.29 is 22.8 Å². The van der Waals surface area contributed by atoms with Gasteiger partial charge in [0, 0.05) is 38.6 Å². The molecule has 2 heterocycles. The van der Waals surface area contributed by atoms with Crippen LogP contribution in [0, 0.1) is 0 Å². The molecule has 2 fully saturated rings. The molecule has 2 rings (SSSR count). The van der Waals surface area contributed by atoms with Crippen molar-refractivity contribution in [1.82, 2.24) is 15.1 Å². The van der Waals surface area contributed by atoms with Crippen LogP contribution in [0.4, 0.5) is 0 Å². The van der Waals surface area contributed by atoms with Crippen LogP contribution in [-0.2, 0) is 24.2 Å². The second-order valence-corrected chi connectivity index (χ2v) is 8.47. The molecule has 0 bridgehead atoms. The van der Waals surface area contributed by atoms with Gasteiger partial charge in [-0.1, -0.05) is 0 Å². The van der Waals surface area contributed by atoms with E-state index in [1.807, 2.05) is 0 Å². The zero-order valence-corrected chi connectivity index (χ0v) is 14.8. The number of amides is 3. The highest BCUT2D eigenvalue weighted by atomic mass is 32.2. The van der Waals surface area contributed by atoms with Gasteiger partial charge in [-0.05, 0) is 26.2 Å². The van der Waals surface area contributed by atoms with Gasteiger partial charge < -0.3 is 15.1 Å². The number of likely N-dealkylation sites (N-methyl/N-ethyl adjacent to an activating group) is 1. The number of sulfone groups is 1. The standard InChI is InChI=1S/C15H25N3O5S/c1-2-18(12-6-10-24(22,23)11-12)15(21)14(20)16-7-4-9-17-8-3-5-13(17)19/h12H,2-11H2,1H3,(H,16,20). The Labute approximate surface area is 142 Å². The van der Waals surface area contributed by atoms with Gasteiger partial charge in [0.15, 0.2) is 9.84 Å². The SMILES string of the molecule is CCN(C(=O)C(=O)NCCCN1CCCC1=O)C1CCS(=O)(=O)C1. The van der Waals surface area contributed by atoms with Crippen LogP contribution < -0.4 is 5.32 Å². The Morgan fingerprint density at radius 3 is 2.67 bits per heavy atom. The summed E-state index contributed by atoms with van der Waals surface area (Å²) < 4.78 is 23.1. The summed E-state index contributed by atoms with van der Waals surface area (Å²) in [7, 11) is -3.11. The lowest BCUT2D eigenvalue weighted by Gasteiger charge is -2.26. The molecule has 0 aromatic heterocycles. The summed E-state index contributed by atoms with van der Waals surface area (Å²) >= 11 is 0. The number of carbonyl (C=O) groups is 3. The molecular weight excluding hydrogens is 334 g/mol. The molecule has 1 unspecified atom stereocenters. The molecule has 0 aromatic carbocycles. The van der Waals surface area contributed by atoms with Gasteiger partial charge in [-0.15, -0.1) is 0 Å². The molecular formula is C15H25N3O5S. The van der Waals surface area contributed by atoms with Crippen molar-refractivity contribution in [3.63, 3.8) is 0 Å². The maximum Gasteiger partial charge on any atom is 0.312 e. The van der Waals surface area contributed by atoms with Gasteiger partial charge in [-0.2, -0.15) is 0 Å². The molecule has 9 heteroatoms. The van der Waals surface area contributed by atoms with Crippen molar-refractivity contribution in [2.45, 2.75) is 38.6 Å². The fraction of sp³-hybridized carbons (Fsp3) is 0.800. The minimum absolute atomic E-state index is 0.0624. The van der Waals surface area contributed by atoms with Crippen LogP contribution >= 0.6 is 0 Å². The van der Waals surface area contributed by atoms with Crippen molar-refractivity contribution in [3.05, 3.63) is 0 Å². The van der Waals surface area contributed by atoms with E-state index >= 15 is 0 Å². The fourth-order valence-corrected chi connectivity index (χ4v) is 4.94. The normalized spacial score (nSPS) is 22.6. The molecule has 0 radical (unpaired) electrons. The lowest BCUT2D eigenvalue weighted by molar-refractivity contribution is -0.147. The average Bonchev–Trinajstić information content (AvgIpc) is 3.09. The van der Waals surface area contributed by atoms with E-state index in [0.29, 0.717) is 38.9 Å². The van der Waals surface area contributed by atoms with E-state index in [-0.39, 0.29) is 17.4 Å². The van der Waals surface area contributed by atoms with Crippen LogP contribution in [0.25, 0.3) is 0 Å². The molecule has 0 aliphatic carbocycles. The number of carbonyl (C=O) groups excluding carboxylic acids is 3. The number of likely N-dealkylation sites (tertiary alicyclic amines) is 1. The highest BCUT2D eigenvalue weighted by molar-refractivity contribution is 7.91. The summed E-state index contributed by atoms with van der Waals surface area (Å²) in [6.45, 7) is 3.68. The quantitative estimate of drug-likeness (QED) is 0.491. The molecule has 0 saturated carbocycles. The molecule has 2 saturated heterocycles. The topological polar surface area (TPSA) is 104 Å². The van der Waals surface area contributed by atoms with Crippen molar-refractivity contribution in [2.24, 2.45) is 0 Å². The zero-order chi connectivity index (χ0) is 17.7. The Morgan fingerprint density at radius 2 is 2.12 bits per heavy atom. The van der Waals surface area contributed by atoms with Gasteiger partial charge in [-0.25, -0.2) is 8.42 Å². The molecule has 0 spiro atoms. The summed E-state index contributed by atoms with van der Waals surface area (Å²) in [5, 5.41) is 2.56. The Bertz CT molecular complexity index is 604. The summed E-state index contributed by atoms with van der Waals surface area (Å²) in [6.07, 6.45) is 2.43. The van der Waals surface area contributed by atoms with Crippen LogP contribution in [0.3, 0.4) is 0 Å². The molecule has 2 aliphatic rings.